The SMILES string of the molecule is CCCCCOCCCCN. The first-order valence-electron chi connectivity index (χ1n) is 4.69. The van der Waals surface area contributed by atoms with Gasteiger partial charge in [0.2, 0.25) is 0 Å². The first-order valence-corrected chi connectivity index (χ1v) is 4.69. The predicted octanol–water partition coefficient (Wildman–Crippen LogP) is 1.93. The van der Waals surface area contributed by atoms with Crippen molar-refractivity contribution in [2.75, 3.05) is 19.8 Å². The third-order valence-corrected chi connectivity index (χ3v) is 1.64. The second-order valence-corrected chi connectivity index (χ2v) is 2.82. The van der Waals surface area contributed by atoms with Gasteiger partial charge in [0.25, 0.3) is 0 Å². The van der Waals surface area contributed by atoms with Crippen LogP contribution in [0.25, 0.3) is 0 Å². The maximum Gasteiger partial charge on any atom is 0.0466 e. The molecular weight excluding hydrogens is 138 g/mol. The molecule has 0 saturated carbocycles. The Bertz CT molecular complexity index is 58.6. The van der Waals surface area contributed by atoms with E-state index >= 15 is 0 Å². The Morgan fingerprint density at radius 1 is 1.00 bits per heavy atom. The van der Waals surface area contributed by atoms with E-state index in [4.69, 9.17) is 10.5 Å². The van der Waals surface area contributed by atoms with E-state index in [1.807, 2.05) is 0 Å². The average Bonchev–Trinajstić information content (AvgIpc) is 2.03. The largest absolute Gasteiger partial charge is 0.381 e. The zero-order chi connectivity index (χ0) is 8.36. The average molecular weight is 159 g/mol. The van der Waals surface area contributed by atoms with Gasteiger partial charge < -0.3 is 10.5 Å². The van der Waals surface area contributed by atoms with E-state index in [2.05, 4.69) is 6.92 Å². The molecule has 0 aliphatic carbocycles. The lowest BCUT2D eigenvalue weighted by Gasteiger charge is -2.01. The van der Waals surface area contributed by atoms with Crippen LogP contribution in [0.4, 0.5) is 0 Å². The fraction of sp³-hybridized carbons (Fsp3) is 1.00. The zero-order valence-corrected chi connectivity index (χ0v) is 7.64. The smallest absolute Gasteiger partial charge is 0.0466 e. The van der Waals surface area contributed by atoms with Crippen LogP contribution in [0.15, 0.2) is 0 Å². The van der Waals surface area contributed by atoms with E-state index in [0.29, 0.717) is 0 Å². The number of unbranched alkanes of at least 4 members (excludes halogenated alkanes) is 3. The fourth-order valence-electron chi connectivity index (χ4n) is 0.905. The molecule has 2 N–H and O–H groups in total. The van der Waals surface area contributed by atoms with Crippen LogP contribution in [-0.2, 0) is 4.74 Å². The van der Waals surface area contributed by atoms with E-state index in [1.165, 1.54) is 19.3 Å². The molecule has 0 bridgehead atoms. The molecular formula is C9H21NO. The second kappa shape index (κ2) is 9.92. The highest BCUT2D eigenvalue weighted by atomic mass is 16.5. The lowest BCUT2D eigenvalue weighted by molar-refractivity contribution is 0.127. The van der Waals surface area contributed by atoms with Crippen LogP contribution >= 0.6 is 0 Å². The molecule has 68 valence electrons. The first-order chi connectivity index (χ1) is 5.41. The van der Waals surface area contributed by atoms with Gasteiger partial charge in [-0.1, -0.05) is 19.8 Å². The Kier molecular flexibility index (Phi) is 9.85. The molecule has 2 heteroatoms. The minimum Gasteiger partial charge on any atom is -0.381 e. The molecule has 0 aliphatic heterocycles. The van der Waals surface area contributed by atoms with Gasteiger partial charge in [-0.3, -0.25) is 0 Å². The normalized spacial score (nSPS) is 10.4. The Hall–Kier alpha value is -0.0800. The van der Waals surface area contributed by atoms with Crippen molar-refractivity contribution in [3.05, 3.63) is 0 Å². The molecule has 0 radical (unpaired) electrons. The molecule has 0 amide bonds. The summed E-state index contributed by atoms with van der Waals surface area (Å²) in [5.74, 6) is 0. The van der Waals surface area contributed by atoms with Crippen molar-refractivity contribution in [3.8, 4) is 0 Å². The number of nitrogens with two attached hydrogens (primary N) is 1. The molecule has 0 rings (SSSR count). The lowest BCUT2D eigenvalue weighted by Crippen LogP contribution is -2.02. The van der Waals surface area contributed by atoms with Crippen molar-refractivity contribution >= 4 is 0 Å². The molecule has 0 unspecified atom stereocenters. The van der Waals surface area contributed by atoms with E-state index in [-0.39, 0.29) is 0 Å². The standard InChI is InChI=1S/C9H21NO/c1-2-3-5-8-11-9-6-4-7-10/h2-10H2,1H3. The molecule has 11 heavy (non-hydrogen) atoms. The summed E-state index contributed by atoms with van der Waals surface area (Å²) in [6.45, 7) is 4.81. The highest BCUT2D eigenvalue weighted by molar-refractivity contribution is 4.40. The van der Waals surface area contributed by atoms with Crippen LogP contribution in [0, 0.1) is 0 Å². The summed E-state index contributed by atoms with van der Waals surface area (Å²) >= 11 is 0. The monoisotopic (exact) mass is 159 g/mol. The zero-order valence-electron chi connectivity index (χ0n) is 7.64. The van der Waals surface area contributed by atoms with E-state index < -0.39 is 0 Å². The lowest BCUT2D eigenvalue weighted by atomic mass is 10.3. The van der Waals surface area contributed by atoms with Crippen LogP contribution in [0.1, 0.15) is 39.0 Å². The molecule has 0 aromatic rings. The number of rotatable bonds is 8. The second-order valence-electron chi connectivity index (χ2n) is 2.82. The maximum absolute atomic E-state index is 5.38. The van der Waals surface area contributed by atoms with Crippen molar-refractivity contribution in [1.82, 2.24) is 0 Å². The Morgan fingerprint density at radius 3 is 2.18 bits per heavy atom. The molecule has 2 nitrogen and oxygen atoms in total. The molecule has 0 fully saturated rings. The van der Waals surface area contributed by atoms with Gasteiger partial charge in [-0.15, -0.1) is 0 Å². The van der Waals surface area contributed by atoms with Gasteiger partial charge >= 0.3 is 0 Å². The third-order valence-electron chi connectivity index (χ3n) is 1.64. The van der Waals surface area contributed by atoms with Gasteiger partial charge in [0.15, 0.2) is 0 Å². The van der Waals surface area contributed by atoms with Crippen molar-refractivity contribution in [2.45, 2.75) is 39.0 Å². The van der Waals surface area contributed by atoms with Crippen LogP contribution < -0.4 is 5.73 Å². The Morgan fingerprint density at radius 2 is 1.64 bits per heavy atom. The highest BCUT2D eigenvalue weighted by Gasteiger charge is 1.88. The minimum absolute atomic E-state index is 0.790. The third kappa shape index (κ3) is 9.92. The predicted molar refractivity (Wildman–Crippen MR) is 48.6 cm³/mol. The summed E-state index contributed by atoms with van der Waals surface area (Å²) in [7, 11) is 0. The highest BCUT2D eigenvalue weighted by Crippen LogP contribution is 1.95. The van der Waals surface area contributed by atoms with Gasteiger partial charge in [0.1, 0.15) is 0 Å². The molecule has 0 atom stereocenters. The summed E-state index contributed by atoms with van der Waals surface area (Å²) in [5.41, 5.74) is 5.34. The summed E-state index contributed by atoms with van der Waals surface area (Å²) < 4.78 is 5.38. The molecule has 0 spiro atoms. The molecule has 0 heterocycles. The minimum atomic E-state index is 0.790. The van der Waals surface area contributed by atoms with E-state index in [1.54, 1.807) is 0 Å². The Balaban J connectivity index is 2.69. The van der Waals surface area contributed by atoms with Gasteiger partial charge in [0, 0.05) is 13.2 Å². The van der Waals surface area contributed by atoms with Crippen molar-refractivity contribution in [3.63, 3.8) is 0 Å². The first kappa shape index (κ1) is 10.9. The summed E-state index contributed by atoms with van der Waals surface area (Å²) in [4.78, 5) is 0. The topological polar surface area (TPSA) is 35.2 Å². The molecule has 0 aliphatic rings. The van der Waals surface area contributed by atoms with E-state index in [9.17, 15) is 0 Å². The Labute approximate surface area is 70.1 Å². The van der Waals surface area contributed by atoms with Crippen molar-refractivity contribution in [2.24, 2.45) is 5.73 Å². The quantitative estimate of drug-likeness (QED) is 0.549. The number of ether oxygens (including phenoxy) is 1. The molecule has 0 aromatic heterocycles. The van der Waals surface area contributed by atoms with Crippen LogP contribution in [0.5, 0.6) is 0 Å². The van der Waals surface area contributed by atoms with Gasteiger partial charge in [0.05, 0.1) is 0 Å². The summed E-state index contributed by atoms with van der Waals surface area (Å²) in [5, 5.41) is 0. The number of hydrogen-bond acceptors (Lipinski definition) is 2. The van der Waals surface area contributed by atoms with Gasteiger partial charge in [-0.2, -0.15) is 0 Å². The van der Waals surface area contributed by atoms with Crippen LogP contribution in [0.2, 0.25) is 0 Å². The van der Waals surface area contributed by atoms with Crippen LogP contribution in [0.3, 0.4) is 0 Å². The van der Waals surface area contributed by atoms with Crippen LogP contribution in [-0.4, -0.2) is 19.8 Å². The summed E-state index contributed by atoms with van der Waals surface area (Å²) in [6, 6.07) is 0. The maximum atomic E-state index is 5.38. The summed E-state index contributed by atoms with van der Waals surface area (Å²) in [6.07, 6.45) is 5.97. The number of hydrogen-bond donors (Lipinski definition) is 1. The van der Waals surface area contributed by atoms with Crippen molar-refractivity contribution < 1.29 is 4.74 Å². The van der Waals surface area contributed by atoms with E-state index in [0.717, 1.165) is 32.6 Å². The van der Waals surface area contributed by atoms with Crippen molar-refractivity contribution in [1.29, 1.82) is 0 Å². The van der Waals surface area contributed by atoms with Gasteiger partial charge in [-0.05, 0) is 25.8 Å². The molecule has 0 saturated heterocycles. The van der Waals surface area contributed by atoms with Gasteiger partial charge in [-0.25, -0.2) is 0 Å². The fourth-order valence-corrected chi connectivity index (χ4v) is 0.905. The molecule has 0 aromatic carbocycles.